The number of esters is 4. The van der Waals surface area contributed by atoms with Crippen LogP contribution in [0.5, 0.6) is 0 Å². The molecular weight excluding hydrogens is 490 g/mol. The second-order valence-corrected chi connectivity index (χ2v) is 7.97. The molecule has 1 aromatic carbocycles. The zero-order valence-corrected chi connectivity index (χ0v) is 20.8. The highest BCUT2D eigenvalue weighted by molar-refractivity contribution is 5.91. The molecule has 2 rings (SSSR count). The molecule has 12 nitrogen and oxygen atoms in total. The van der Waals surface area contributed by atoms with Crippen molar-refractivity contribution in [2.45, 2.75) is 64.8 Å². The average molecular weight is 520 g/mol. The molecule has 0 aliphatic carbocycles. The van der Waals surface area contributed by atoms with E-state index >= 15 is 0 Å². The fraction of sp³-hybridized carbons (Fsp3) is 0.440. The topological polar surface area (TPSA) is 152 Å². The molecule has 12 heteroatoms. The van der Waals surface area contributed by atoms with Crippen molar-refractivity contribution in [1.82, 2.24) is 5.06 Å². The van der Waals surface area contributed by atoms with Gasteiger partial charge >= 0.3 is 29.8 Å². The number of allylic oxidation sites excluding steroid dienone is 1. The van der Waals surface area contributed by atoms with Gasteiger partial charge in [-0.05, 0) is 12.8 Å². The molecular formula is C25H29NO11. The van der Waals surface area contributed by atoms with E-state index in [1.54, 1.807) is 18.2 Å². The van der Waals surface area contributed by atoms with Crippen LogP contribution in [-0.4, -0.2) is 59.6 Å². The molecule has 0 saturated carbocycles. The Morgan fingerprint density at radius 2 is 1.49 bits per heavy atom. The maximum atomic E-state index is 13.2. The van der Waals surface area contributed by atoms with Crippen molar-refractivity contribution in [3.63, 3.8) is 0 Å². The van der Waals surface area contributed by atoms with Crippen LogP contribution in [-0.2, 0) is 52.6 Å². The summed E-state index contributed by atoms with van der Waals surface area (Å²) in [7, 11) is 0. The first-order valence-electron chi connectivity index (χ1n) is 11.5. The Kier molecular flexibility index (Phi) is 10.8. The van der Waals surface area contributed by atoms with E-state index in [0.29, 0.717) is 11.5 Å². The number of nitrogens with zero attached hydrogens (tertiary/aromatic N) is 1. The summed E-state index contributed by atoms with van der Waals surface area (Å²) < 4.78 is 20.4. The molecule has 0 bridgehead atoms. The second-order valence-electron chi connectivity index (χ2n) is 7.97. The van der Waals surface area contributed by atoms with E-state index in [1.807, 2.05) is 6.92 Å². The van der Waals surface area contributed by atoms with Crippen molar-refractivity contribution in [3.8, 4) is 0 Å². The van der Waals surface area contributed by atoms with Crippen molar-refractivity contribution < 1.29 is 52.6 Å². The fourth-order valence-electron chi connectivity index (χ4n) is 3.17. The van der Waals surface area contributed by atoms with Crippen LogP contribution in [0.25, 0.3) is 0 Å². The Morgan fingerprint density at radius 3 is 2.00 bits per heavy atom. The number of ether oxygens (including phenoxy) is 4. The van der Waals surface area contributed by atoms with Crippen molar-refractivity contribution in [2.24, 2.45) is 0 Å². The van der Waals surface area contributed by atoms with Gasteiger partial charge in [-0.3, -0.25) is 14.4 Å². The van der Waals surface area contributed by atoms with Gasteiger partial charge in [-0.1, -0.05) is 50.3 Å². The third-order valence-electron chi connectivity index (χ3n) is 4.94. The minimum Gasteiger partial charge on any atom is -0.463 e. The summed E-state index contributed by atoms with van der Waals surface area (Å²) >= 11 is 0. The molecule has 0 N–H and O–H groups in total. The van der Waals surface area contributed by atoms with E-state index in [9.17, 15) is 28.8 Å². The lowest BCUT2D eigenvalue weighted by Crippen LogP contribution is -2.49. The van der Waals surface area contributed by atoms with E-state index in [-0.39, 0.29) is 30.7 Å². The smallest absolute Gasteiger partial charge is 0.377 e. The molecule has 0 aromatic heterocycles. The molecule has 0 spiro atoms. The summed E-state index contributed by atoms with van der Waals surface area (Å²) in [5.41, 5.74) is 0.398. The van der Waals surface area contributed by atoms with Gasteiger partial charge in [0, 0.05) is 25.8 Å². The van der Waals surface area contributed by atoms with Gasteiger partial charge in [-0.25, -0.2) is 14.4 Å². The van der Waals surface area contributed by atoms with Crippen LogP contribution in [0.2, 0.25) is 0 Å². The molecule has 0 unspecified atom stereocenters. The van der Waals surface area contributed by atoms with Crippen molar-refractivity contribution in [3.05, 3.63) is 48.2 Å². The lowest BCUT2D eigenvalue weighted by atomic mass is 10.1. The Hall–Kier alpha value is -4.22. The summed E-state index contributed by atoms with van der Waals surface area (Å²) in [6, 6.07) is 7.87. The SMILES string of the molecule is C=C1CCC(=O)N1OC(=O)[C@H](OC(C)=O)[C@@H](OC(C)=O)C(=O)O[C@H](C(=O)OCCCC)c1ccccc1. The van der Waals surface area contributed by atoms with Crippen LogP contribution in [0, 0.1) is 0 Å². The van der Waals surface area contributed by atoms with Crippen molar-refractivity contribution in [2.75, 3.05) is 6.61 Å². The van der Waals surface area contributed by atoms with E-state index in [4.69, 9.17) is 23.8 Å². The molecule has 1 aromatic rings. The minimum atomic E-state index is -2.17. The maximum Gasteiger partial charge on any atom is 0.377 e. The molecule has 1 amide bonds. The number of carbonyl (C=O) groups excluding carboxylic acids is 6. The predicted molar refractivity (Wildman–Crippen MR) is 124 cm³/mol. The molecule has 3 atom stereocenters. The number of unbranched alkanes of at least 4 members (excludes halogenated alkanes) is 1. The van der Waals surface area contributed by atoms with Gasteiger partial charge in [0.2, 0.25) is 18.3 Å². The third-order valence-corrected chi connectivity index (χ3v) is 4.94. The molecule has 0 radical (unpaired) electrons. The Bertz CT molecular complexity index is 1020. The first-order chi connectivity index (χ1) is 17.5. The zero-order chi connectivity index (χ0) is 27.5. The van der Waals surface area contributed by atoms with Crippen LogP contribution in [0.4, 0.5) is 0 Å². The third kappa shape index (κ3) is 8.44. The molecule has 37 heavy (non-hydrogen) atoms. The zero-order valence-electron chi connectivity index (χ0n) is 20.8. The predicted octanol–water partition coefficient (Wildman–Crippen LogP) is 2.07. The van der Waals surface area contributed by atoms with Gasteiger partial charge in [0.05, 0.1) is 12.3 Å². The van der Waals surface area contributed by atoms with Crippen LogP contribution < -0.4 is 0 Å². The monoisotopic (exact) mass is 519 g/mol. The van der Waals surface area contributed by atoms with Gasteiger partial charge in [-0.2, -0.15) is 0 Å². The Labute approximate surface area is 213 Å². The molecule has 200 valence electrons. The van der Waals surface area contributed by atoms with Crippen LogP contribution >= 0.6 is 0 Å². The molecule has 1 aliphatic heterocycles. The summed E-state index contributed by atoms with van der Waals surface area (Å²) in [6.45, 7) is 7.45. The highest BCUT2D eigenvalue weighted by Gasteiger charge is 2.45. The highest BCUT2D eigenvalue weighted by atomic mass is 16.7. The fourth-order valence-corrected chi connectivity index (χ4v) is 3.17. The average Bonchev–Trinajstić information content (AvgIpc) is 3.16. The van der Waals surface area contributed by atoms with Gasteiger partial charge in [0.1, 0.15) is 0 Å². The van der Waals surface area contributed by atoms with Crippen molar-refractivity contribution >= 4 is 35.8 Å². The highest BCUT2D eigenvalue weighted by Crippen LogP contribution is 2.24. The number of benzene rings is 1. The Balaban J connectivity index is 2.35. The van der Waals surface area contributed by atoms with Gasteiger partial charge in [0.15, 0.2) is 0 Å². The molecule has 1 saturated heterocycles. The number of hydroxylamine groups is 2. The molecule has 1 fully saturated rings. The van der Waals surface area contributed by atoms with E-state index in [2.05, 4.69) is 6.58 Å². The van der Waals surface area contributed by atoms with Crippen molar-refractivity contribution in [1.29, 1.82) is 0 Å². The van der Waals surface area contributed by atoms with E-state index in [0.717, 1.165) is 20.3 Å². The standard InChI is InChI=1S/C25H29NO11/c1-5-6-14-33-23(30)20(18-10-8-7-9-11-18)36-24(31)21(34-16(3)27)22(35-17(4)28)25(32)37-26-15(2)12-13-19(26)29/h7-11,20-22H,2,5-6,12-14H2,1,3-4H3/t20-,21+,22+/m0/s1. The summed E-state index contributed by atoms with van der Waals surface area (Å²) in [5, 5.41) is 0.604. The number of rotatable bonds is 12. The van der Waals surface area contributed by atoms with Gasteiger partial charge in [-0.15, -0.1) is 5.06 Å². The van der Waals surface area contributed by atoms with Gasteiger partial charge in [0.25, 0.3) is 5.91 Å². The first-order valence-corrected chi connectivity index (χ1v) is 11.5. The lowest BCUT2D eigenvalue weighted by Gasteiger charge is -2.26. The van der Waals surface area contributed by atoms with E-state index < -0.39 is 54.1 Å². The summed E-state index contributed by atoms with van der Waals surface area (Å²) in [6.07, 6.45) is -4.36. The lowest BCUT2D eigenvalue weighted by molar-refractivity contribution is -0.210. The quantitative estimate of drug-likeness (QED) is 0.227. The normalized spacial score (nSPS) is 15.3. The van der Waals surface area contributed by atoms with Crippen LogP contribution in [0.15, 0.2) is 42.6 Å². The number of carbonyl (C=O) groups is 6. The molecule has 1 heterocycles. The Morgan fingerprint density at radius 1 is 0.892 bits per heavy atom. The van der Waals surface area contributed by atoms with E-state index in [1.165, 1.54) is 12.1 Å². The minimum absolute atomic E-state index is 0.0264. The van der Waals surface area contributed by atoms with Crippen LogP contribution in [0.1, 0.15) is 58.1 Å². The maximum absolute atomic E-state index is 13.2. The summed E-state index contributed by atoms with van der Waals surface area (Å²) in [5.74, 6) is -6.36. The van der Waals surface area contributed by atoms with Gasteiger partial charge < -0.3 is 23.8 Å². The second kappa shape index (κ2) is 13.8. The first kappa shape index (κ1) is 29.0. The largest absolute Gasteiger partial charge is 0.463 e. The number of amides is 1. The number of hydrogen-bond acceptors (Lipinski definition) is 11. The molecule has 1 aliphatic rings. The number of hydrogen-bond donors (Lipinski definition) is 0. The van der Waals surface area contributed by atoms with Crippen LogP contribution in [0.3, 0.4) is 0 Å². The summed E-state index contributed by atoms with van der Waals surface area (Å²) in [4.78, 5) is 79.3.